The molecule has 1 aromatic carbocycles. The fourth-order valence-corrected chi connectivity index (χ4v) is 2.53. The summed E-state index contributed by atoms with van der Waals surface area (Å²) in [6, 6.07) is 8.98. The minimum Gasteiger partial charge on any atom is -0.457 e. The zero-order chi connectivity index (χ0) is 18.6. The lowest BCUT2D eigenvalue weighted by Gasteiger charge is -2.05. The first-order valence-electron chi connectivity index (χ1n) is 8.21. The quantitative estimate of drug-likeness (QED) is 0.572. The van der Waals surface area contributed by atoms with Crippen LogP contribution in [-0.2, 0) is 16.6 Å². The van der Waals surface area contributed by atoms with Gasteiger partial charge in [0.2, 0.25) is 5.78 Å². The molecule has 1 aromatic heterocycles. The second-order valence-corrected chi connectivity index (χ2v) is 6.22. The average molecular weight is 341 g/mol. The summed E-state index contributed by atoms with van der Waals surface area (Å²) in [5.74, 6) is -0.892. The van der Waals surface area contributed by atoms with Crippen molar-refractivity contribution in [3.8, 4) is 0 Å². The van der Waals surface area contributed by atoms with Crippen molar-refractivity contribution in [1.29, 1.82) is 0 Å². The molecule has 0 aliphatic rings. The molecule has 0 aliphatic carbocycles. The summed E-state index contributed by atoms with van der Waals surface area (Å²) < 4.78 is 6.93. The normalized spacial score (nSPS) is 10.6. The maximum absolute atomic E-state index is 12.2. The van der Waals surface area contributed by atoms with Crippen molar-refractivity contribution >= 4 is 17.5 Å². The van der Waals surface area contributed by atoms with Crippen molar-refractivity contribution < 1.29 is 19.1 Å². The number of rotatable bonds is 7. The maximum Gasteiger partial charge on any atom is 0.306 e. The van der Waals surface area contributed by atoms with Crippen molar-refractivity contribution in [2.24, 2.45) is 7.05 Å². The number of carbonyl (C=O) groups is 3. The van der Waals surface area contributed by atoms with Gasteiger partial charge in [-0.2, -0.15) is 0 Å². The number of ketones is 2. The van der Waals surface area contributed by atoms with Crippen molar-refractivity contribution in [3.05, 3.63) is 58.4 Å². The van der Waals surface area contributed by atoms with Crippen LogP contribution in [0.25, 0.3) is 0 Å². The summed E-state index contributed by atoms with van der Waals surface area (Å²) >= 11 is 0. The number of ether oxygens (including phenoxy) is 1. The van der Waals surface area contributed by atoms with Crippen LogP contribution in [0.1, 0.15) is 50.5 Å². The number of hydrogen-bond acceptors (Lipinski definition) is 4. The summed E-state index contributed by atoms with van der Waals surface area (Å²) in [6.07, 6.45) is 0.0341. The Bertz CT molecular complexity index is 800. The lowest BCUT2D eigenvalue weighted by atomic mass is 10.1. The molecular formula is C20H23NO4. The SMILES string of the molecule is Cc1ccc(C(=O)CCC(=O)OCC(=O)c2cc(C)n(C)c2C)cc1. The van der Waals surface area contributed by atoms with Crippen LogP contribution in [0.4, 0.5) is 0 Å². The third-order valence-corrected chi connectivity index (χ3v) is 4.37. The Kier molecular flexibility index (Phi) is 5.91. The molecule has 0 bridgehead atoms. The van der Waals surface area contributed by atoms with Gasteiger partial charge in [-0.25, -0.2) is 0 Å². The van der Waals surface area contributed by atoms with Crippen LogP contribution >= 0.6 is 0 Å². The summed E-state index contributed by atoms with van der Waals surface area (Å²) in [5, 5.41) is 0. The monoisotopic (exact) mass is 341 g/mol. The van der Waals surface area contributed by atoms with Gasteiger partial charge in [-0.3, -0.25) is 14.4 Å². The molecule has 0 unspecified atom stereocenters. The van der Waals surface area contributed by atoms with Gasteiger partial charge < -0.3 is 9.30 Å². The Balaban J connectivity index is 1.82. The van der Waals surface area contributed by atoms with Crippen molar-refractivity contribution in [2.45, 2.75) is 33.6 Å². The highest BCUT2D eigenvalue weighted by atomic mass is 16.5. The van der Waals surface area contributed by atoms with E-state index < -0.39 is 5.97 Å². The highest BCUT2D eigenvalue weighted by Crippen LogP contribution is 2.14. The van der Waals surface area contributed by atoms with Gasteiger partial charge >= 0.3 is 5.97 Å². The van der Waals surface area contributed by atoms with E-state index in [0.29, 0.717) is 11.1 Å². The number of Topliss-reactive ketones (excluding diaryl/α,β-unsaturated/α-hetero) is 2. The van der Waals surface area contributed by atoms with Gasteiger partial charge in [0.05, 0.1) is 6.42 Å². The zero-order valence-corrected chi connectivity index (χ0v) is 15.1. The number of hydrogen-bond donors (Lipinski definition) is 0. The van der Waals surface area contributed by atoms with E-state index in [9.17, 15) is 14.4 Å². The van der Waals surface area contributed by atoms with Crippen LogP contribution in [0.3, 0.4) is 0 Å². The van der Waals surface area contributed by atoms with Gasteiger partial charge in [-0.05, 0) is 26.8 Å². The summed E-state index contributed by atoms with van der Waals surface area (Å²) in [6.45, 7) is 5.40. The predicted molar refractivity (Wildman–Crippen MR) is 94.9 cm³/mol. The molecule has 132 valence electrons. The van der Waals surface area contributed by atoms with Gasteiger partial charge in [0.15, 0.2) is 12.4 Å². The van der Waals surface area contributed by atoms with E-state index in [0.717, 1.165) is 17.0 Å². The van der Waals surface area contributed by atoms with E-state index in [1.807, 2.05) is 44.5 Å². The minimum absolute atomic E-state index is 0.0349. The maximum atomic E-state index is 12.2. The molecule has 0 amide bonds. The van der Waals surface area contributed by atoms with Gasteiger partial charge in [-0.15, -0.1) is 0 Å². The van der Waals surface area contributed by atoms with E-state index in [2.05, 4.69) is 0 Å². The van der Waals surface area contributed by atoms with Gasteiger partial charge in [-0.1, -0.05) is 29.8 Å². The van der Waals surface area contributed by atoms with E-state index in [1.54, 1.807) is 18.2 Å². The zero-order valence-electron chi connectivity index (χ0n) is 15.1. The Morgan fingerprint density at radius 2 is 1.60 bits per heavy atom. The molecule has 5 heteroatoms. The summed E-state index contributed by atoms with van der Waals surface area (Å²) in [4.78, 5) is 36.0. The standard InChI is InChI=1S/C20H23NO4/c1-13-5-7-16(8-6-13)18(22)9-10-20(24)25-12-19(23)17-11-14(2)21(4)15(17)3/h5-8,11H,9-10,12H2,1-4H3. The number of nitrogens with zero attached hydrogens (tertiary/aromatic N) is 1. The Morgan fingerprint density at radius 3 is 2.16 bits per heavy atom. The van der Waals surface area contributed by atoms with Gasteiger partial charge in [0, 0.05) is 36.0 Å². The van der Waals surface area contributed by atoms with Crippen molar-refractivity contribution in [1.82, 2.24) is 4.57 Å². The van der Waals surface area contributed by atoms with Gasteiger partial charge in [0.1, 0.15) is 0 Å². The number of esters is 1. The Hall–Kier alpha value is -2.69. The van der Waals surface area contributed by atoms with Crippen molar-refractivity contribution in [3.63, 3.8) is 0 Å². The van der Waals surface area contributed by atoms with Crippen LogP contribution in [0, 0.1) is 20.8 Å². The van der Waals surface area contributed by atoms with Crippen molar-refractivity contribution in [2.75, 3.05) is 6.61 Å². The van der Waals surface area contributed by atoms with Crippen LogP contribution < -0.4 is 0 Å². The van der Waals surface area contributed by atoms with Gasteiger partial charge in [0.25, 0.3) is 0 Å². The average Bonchev–Trinajstić information content (AvgIpc) is 2.85. The lowest BCUT2D eigenvalue weighted by Crippen LogP contribution is -2.15. The molecule has 0 atom stereocenters. The predicted octanol–water partition coefficient (Wildman–Crippen LogP) is 3.34. The fourth-order valence-electron chi connectivity index (χ4n) is 2.53. The van der Waals surface area contributed by atoms with Crippen LogP contribution in [-0.4, -0.2) is 28.7 Å². The molecule has 25 heavy (non-hydrogen) atoms. The molecule has 2 rings (SSSR count). The smallest absolute Gasteiger partial charge is 0.306 e. The third kappa shape index (κ3) is 4.66. The van der Waals surface area contributed by atoms with E-state index in [1.165, 1.54) is 0 Å². The largest absolute Gasteiger partial charge is 0.457 e. The molecular weight excluding hydrogens is 318 g/mol. The molecule has 0 saturated heterocycles. The summed E-state index contributed by atoms with van der Waals surface area (Å²) in [7, 11) is 1.88. The fraction of sp³-hybridized carbons (Fsp3) is 0.350. The number of carbonyl (C=O) groups excluding carboxylic acids is 3. The van der Waals surface area contributed by atoms with E-state index in [-0.39, 0.29) is 31.0 Å². The molecule has 2 aromatic rings. The first-order valence-corrected chi connectivity index (χ1v) is 8.21. The molecule has 0 fully saturated rings. The highest BCUT2D eigenvalue weighted by Gasteiger charge is 2.16. The molecule has 0 spiro atoms. The molecule has 1 heterocycles. The molecule has 5 nitrogen and oxygen atoms in total. The van der Waals surface area contributed by atoms with E-state index >= 15 is 0 Å². The first kappa shape index (κ1) is 18.6. The van der Waals surface area contributed by atoms with E-state index in [4.69, 9.17) is 4.74 Å². The van der Waals surface area contributed by atoms with Crippen LogP contribution in [0.2, 0.25) is 0 Å². The second kappa shape index (κ2) is 7.92. The second-order valence-electron chi connectivity index (χ2n) is 6.22. The minimum atomic E-state index is -0.542. The molecule has 0 N–H and O–H groups in total. The Labute approximate surface area is 147 Å². The molecule has 0 aliphatic heterocycles. The number of aryl methyl sites for hydroxylation is 2. The van der Waals surface area contributed by atoms with Crippen LogP contribution in [0.15, 0.2) is 30.3 Å². The molecule has 0 radical (unpaired) electrons. The topological polar surface area (TPSA) is 65.4 Å². The lowest BCUT2D eigenvalue weighted by molar-refractivity contribution is -0.142. The first-order chi connectivity index (χ1) is 11.8. The molecule has 0 saturated carbocycles. The van der Waals surface area contributed by atoms with Crippen LogP contribution in [0.5, 0.6) is 0 Å². The summed E-state index contributed by atoms with van der Waals surface area (Å²) in [5.41, 5.74) is 4.01. The number of aromatic nitrogens is 1. The number of benzene rings is 1. The highest BCUT2D eigenvalue weighted by molar-refractivity contribution is 6.00. The Morgan fingerprint density at radius 1 is 0.960 bits per heavy atom. The third-order valence-electron chi connectivity index (χ3n) is 4.37.